The number of amides is 1. The fourth-order valence-electron chi connectivity index (χ4n) is 2.30. The van der Waals surface area contributed by atoms with Gasteiger partial charge in [0, 0.05) is 6.04 Å². The van der Waals surface area contributed by atoms with E-state index in [4.69, 9.17) is 9.47 Å². The summed E-state index contributed by atoms with van der Waals surface area (Å²) in [6, 6.07) is 9.15. The summed E-state index contributed by atoms with van der Waals surface area (Å²) in [6.07, 6.45) is 4.51. The standard InChI is InChI=1S/C16H19NO4/c1-20-15(18)13-9-5-6-10-14(13)17-16(19)21-11-12-7-3-2-4-8-12/h2-8,13-14H,9-11H2,1H3,(H,17,19)/t13-,14+/m0/s1. The van der Waals surface area contributed by atoms with Gasteiger partial charge in [0.15, 0.2) is 0 Å². The van der Waals surface area contributed by atoms with Crippen LogP contribution >= 0.6 is 0 Å². The van der Waals surface area contributed by atoms with E-state index in [1.54, 1.807) is 0 Å². The number of methoxy groups -OCH3 is 1. The Morgan fingerprint density at radius 1 is 1.19 bits per heavy atom. The van der Waals surface area contributed by atoms with E-state index in [0.717, 1.165) is 5.56 Å². The molecule has 0 aromatic heterocycles. The summed E-state index contributed by atoms with van der Waals surface area (Å²) in [5, 5.41) is 2.74. The lowest BCUT2D eigenvalue weighted by Crippen LogP contribution is -2.44. The van der Waals surface area contributed by atoms with Crippen molar-refractivity contribution in [3.8, 4) is 0 Å². The van der Waals surface area contributed by atoms with Crippen LogP contribution < -0.4 is 5.32 Å². The van der Waals surface area contributed by atoms with Crippen molar-refractivity contribution in [2.45, 2.75) is 25.5 Å². The topological polar surface area (TPSA) is 64.6 Å². The molecule has 0 spiro atoms. The summed E-state index contributed by atoms with van der Waals surface area (Å²) in [4.78, 5) is 23.5. The SMILES string of the molecule is COC(=O)[C@H]1CC=CC[C@H]1NC(=O)OCc1ccccc1. The molecule has 2 rings (SSSR count). The second-order valence-electron chi connectivity index (χ2n) is 4.89. The number of carbonyl (C=O) groups excluding carboxylic acids is 2. The fourth-order valence-corrected chi connectivity index (χ4v) is 2.30. The summed E-state index contributed by atoms with van der Waals surface area (Å²) in [6.45, 7) is 0.206. The highest BCUT2D eigenvalue weighted by atomic mass is 16.5. The number of hydrogen-bond donors (Lipinski definition) is 1. The van der Waals surface area contributed by atoms with Crippen LogP contribution in [-0.2, 0) is 20.9 Å². The zero-order valence-electron chi connectivity index (χ0n) is 12.0. The highest BCUT2D eigenvalue weighted by molar-refractivity contribution is 5.75. The van der Waals surface area contributed by atoms with Crippen molar-refractivity contribution in [1.82, 2.24) is 5.32 Å². The van der Waals surface area contributed by atoms with Crippen molar-refractivity contribution in [3.63, 3.8) is 0 Å². The molecule has 21 heavy (non-hydrogen) atoms. The zero-order chi connectivity index (χ0) is 15.1. The Morgan fingerprint density at radius 2 is 1.90 bits per heavy atom. The third-order valence-electron chi connectivity index (χ3n) is 3.45. The monoisotopic (exact) mass is 289 g/mol. The van der Waals surface area contributed by atoms with Crippen LogP contribution in [0.15, 0.2) is 42.5 Å². The molecule has 0 unspecified atom stereocenters. The van der Waals surface area contributed by atoms with Crippen LogP contribution in [0.2, 0.25) is 0 Å². The van der Waals surface area contributed by atoms with Gasteiger partial charge in [-0.25, -0.2) is 4.79 Å². The maximum Gasteiger partial charge on any atom is 0.407 e. The molecule has 0 fully saturated rings. The molecule has 5 nitrogen and oxygen atoms in total. The number of hydrogen-bond acceptors (Lipinski definition) is 4. The van der Waals surface area contributed by atoms with E-state index in [1.165, 1.54) is 7.11 Å². The van der Waals surface area contributed by atoms with Crippen molar-refractivity contribution in [2.24, 2.45) is 5.92 Å². The first-order valence-electron chi connectivity index (χ1n) is 6.90. The van der Waals surface area contributed by atoms with Gasteiger partial charge in [0.1, 0.15) is 6.61 Å². The highest BCUT2D eigenvalue weighted by Crippen LogP contribution is 2.20. The normalized spacial score (nSPS) is 20.6. The van der Waals surface area contributed by atoms with Gasteiger partial charge in [0.2, 0.25) is 0 Å². The van der Waals surface area contributed by atoms with Crippen molar-refractivity contribution in [3.05, 3.63) is 48.0 Å². The zero-order valence-corrected chi connectivity index (χ0v) is 12.0. The number of ether oxygens (including phenoxy) is 2. The maximum absolute atomic E-state index is 11.8. The van der Waals surface area contributed by atoms with E-state index < -0.39 is 6.09 Å². The van der Waals surface area contributed by atoms with Gasteiger partial charge in [-0.05, 0) is 18.4 Å². The molecule has 1 aliphatic rings. The predicted molar refractivity (Wildman–Crippen MR) is 77.4 cm³/mol. The molecule has 0 radical (unpaired) electrons. The summed E-state index contributed by atoms with van der Waals surface area (Å²) in [5.74, 6) is -0.669. The fraction of sp³-hybridized carbons (Fsp3) is 0.375. The lowest BCUT2D eigenvalue weighted by atomic mass is 9.89. The molecule has 1 N–H and O–H groups in total. The number of nitrogens with one attached hydrogen (secondary N) is 1. The molecule has 1 aromatic carbocycles. The molecule has 2 atom stereocenters. The highest BCUT2D eigenvalue weighted by Gasteiger charge is 2.31. The number of carbonyl (C=O) groups is 2. The lowest BCUT2D eigenvalue weighted by Gasteiger charge is -2.26. The Morgan fingerprint density at radius 3 is 2.62 bits per heavy atom. The van der Waals surface area contributed by atoms with Gasteiger partial charge in [0.05, 0.1) is 13.0 Å². The number of benzene rings is 1. The first-order chi connectivity index (χ1) is 10.2. The Bertz CT molecular complexity index is 512. The van der Waals surface area contributed by atoms with Crippen molar-refractivity contribution in [2.75, 3.05) is 7.11 Å². The molecule has 5 heteroatoms. The third-order valence-corrected chi connectivity index (χ3v) is 3.45. The van der Waals surface area contributed by atoms with E-state index in [2.05, 4.69) is 5.32 Å². The number of alkyl carbamates (subject to hydrolysis) is 1. The van der Waals surface area contributed by atoms with Crippen LogP contribution in [0.25, 0.3) is 0 Å². The van der Waals surface area contributed by atoms with Crippen LogP contribution in [0.4, 0.5) is 4.79 Å². The first kappa shape index (κ1) is 15.1. The van der Waals surface area contributed by atoms with E-state index in [-0.39, 0.29) is 24.5 Å². The molecule has 1 aromatic rings. The van der Waals surface area contributed by atoms with Crippen molar-refractivity contribution in [1.29, 1.82) is 0 Å². The average molecular weight is 289 g/mol. The van der Waals surface area contributed by atoms with Gasteiger partial charge in [-0.1, -0.05) is 42.5 Å². The van der Waals surface area contributed by atoms with E-state index in [9.17, 15) is 9.59 Å². The van der Waals surface area contributed by atoms with Gasteiger partial charge in [-0.15, -0.1) is 0 Å². The van der Waals surface area contributed by atoms with Crippen LogP contribution in [0.3, 0.4) is 0 Å². The van der Waals surface area contributed by atoms with Crippen LogP contribution in [-0.4, -0.2) is 25.2 Å². The van der Waals surface area contributed by atoms with Gasteiger partial charge >= 0.3 is 12.1 Å². The molecular weight excluding hydrogens is 270 g/mol. The molecular formula is C16H19NO4. The predicted octanol–water partition coefficient (Wildman–Crippen LogP) is 2.42. The molecule has 112 valence electrons. The molecule has 1 aliphatic carbocycles. The van der Waals surface area contributed by atoms with Crippen LogP contribution in [0, 0.1) is 5.92 Å². The molecule has 1 amide bonds. The minimum atomic E-state index is -0.520. The summed E-state index contributed by atoms with van der Waals surface area (Å²) < 4.78 is 9.93. The maximum atomic E-state index is 11.8. The summed E-state index contributed by atoms with van der Waals surface area (Å²) in [5.41, 5.74) is 0.917. The smallest absolute Gasteiger partial charge is 0.407 e. The number of esters is 1. The largest absolute Gasteiger partial charge is 0.469 e. The van der Waals surface area contributed by atoms with Crippen LogP contribution in [0.5, 0.6) is 0 Å². The molecule has 0 saturated carbocycles. The molecule has 0 bridgehead atoms. The Balaban J connectivity index is 1.86. The quantitative estimate of drug-likeness (QED) is 0.683. The van der Waals surface area contributed by atoms with Gasteiger partial charge in [-0.3, -0.25) is 4.79 Å². The number of rotatable bonds is 4. The van der Waals surface area contributed by atoms with Crippen LogP contribution in [0.1, 0.15) is 18.4 Å². The Kier molecular flexibility index (Phi) is 5.37. The minimum Gasteiger partial charge on any atom is -0.469 e. The number of allylic oxidation sites excluding steroid dienone is 1. The van der Waals surface area contributed by atoms with E-state index in [0.29, 0.717) is 12.8 Å². The van der Waals surface area contributed by atoms with Crippen molar-refractivity contribution >= 4 is 12.1 Å². The van der Waals surface area contributed by atoms with Gasteiger partial charge in [-0.2, -0.15) is 0 Å². The van der Waals surface area contributed by atoms with Crippen molar-refractivity contribution < 1.29 is 19.1 Å². The van der Waals surface area contributed by atoms with Gasteiger partial charge in [0.25, 0.3) is 0 Å². The second-order valence-corrected chi connectivity index (χ2v) is 4.89. The minimum absolute atomic E-state index is 0.206. The lowest BCUT2D eigenvalue weighted by molar-refractivity contribution is -0.146. The van der Waals surface area contributed by atoms with Gasteiger partial charge < -0.3 is 14.8 Å². The Labute approximate surface area is 123 Å². The molecule has 0 aliphatic heterocycles. The second kappa shape index (κ2) is 7.47. The molecule has 0 saturated heterocycles. The average Bonchev–Trinajstić information content (AvgIpc) is 2.54. The summed E-state index contributed by atoms with van der Waals surface area (Å²) >= 11 is 0. The first-order valence-corrected chi connectivity index (χ1v) is 6.90. The third kappa shape index (κ3) is 4.34. The summed E-state index contributed by atoms with van der Waals surface area (Å²) in [7, 11) is 1.35. The van der Waals surface area contributed by atoms with E-state index >= 15 is 0 Å². The molecule has 0 heterocycles. The Hall–Kier alpha value is -2.30. The van der Waals surface area contributed by atoms with E-state index in [1.807, 2.05) is 42.5 Å².